The van der Waals surface area contributed by atoms with E-state index in [1.807, 2.05) is 36.7 Å². The van der Waals surface area contributed by atoms with Gasteiger partial charge in [0.25, 0.3) is 0 Å². The third kappa shape index (κ3) is 1.64. The molecule has 0 amide bonds. The van der Waals surface area contributed by atoms with Gasteiger partial charge < -0.3 is 4.98 Å². The molecule has 2 aromatic carbocycles. The molecule has 96 valence electrons. The molecule has 2 N–H and O–H groups in total. The number of aromatic nitrogens is 3. The van der Waals surface area contributed by atoms with Crippen molar-refractivity contribution < 1.29 is 0 Å². The summed E-state index contributed by atoms with van der Waals surface area (Å²) < 4.78 is 0. The number of benzene rings is 2. The lowest BCUT2D eigenvalue weighted by molar-refractivity contribution is 1.10. The summed E-state index contributed by atoms with van der Waals surface area (Å²) in [5, 5.41) is 8.55. The number of nitrogens with zero attached hydrogens (tertiary/aromatic N) is 1. The van der Waals surface area contributed by atoms with Crippen LogP contribution in [0.3, 0.4) is 0 Å². The van der Waals surface area contributed by atoms with Crippen LogP contribution in [0.5, 0.6) is 0 Å². The normalized spacial score (nSPS) is 11.0. The topological polar surface area (TPSA) is 44.5 Å². The zero-order chi connectivity index (χ0) is 13.4. The van der Waals surface area contributed by atoms with Crippen LogP contribution in [0.15, 0.2) is 67.0 Å². The Hall–Kier alpha value is -2.81. The summed E-state index contributed by atoms with van der Waals surface area (Å²) in [6, 6.07) is 18.6. The minimum atomic E-state index is 1.05. The van der Waals surface area contributed by atoms with Crippen LogP contribution in [-0.2, 0) is 0 Å². The number of hydrogen-bond acceptors (Lipinski definition) is 1. The summed E-state index contributed by atoms with van der Waals surface area (Å²) in [7, 11) is 0. The van der Waals surface area contributed by atoms with Crippen molar-refractivity contribution in [1.82, 2.24) is 15.2 Å². The predicted octanol–water partition coefficient (Wildman–Crippen LogP) is 4.23. The molecule has 0 aliphatic carbocycles. The average molecular weight is 259 g/mol. The molecule has 0 fully saturated rings. The minimum Gasteiger partial charge on any atom is -0.361 e. The average Bonchev–Trinajstić information content (AvgIpc) is 3.14. The lowest BCUT2D eigenvalue weighted by Crippen LogP contribution is -1.81. The van der Waals surface area contributed by atoms with E-state index in [2.05, 4.69) is 45.5 Å². The maximum absolute atomic E-state index is 4.22. The largest absolute Gasteiger partial charge is 0.361 e. The summed E-state index contributed by atoms with van der Waals surface area (Å²) in [4.78, 5) is 3.31. The van der Waals surface area contributed by atoms with E-state index in [1.165, 1.54) is 10.9 Å². The van der Waals surface area contributed by atoms with E-state index >= 15 is 0 Å². The van der Waals surface area contributed by atoms with Crippen molar-refractivity contribution in [2.45, 2.75) is 0 Å². The molecule has 0 spiro atoms. The molecule has 4 rings (SSSR count). The molecule has 0 aliphatic heterocycles. The molecule has 0 saturated carbocycles. The smallest absolute Gasteiger partial charge is 0.0729 e. The lowest BCUT2D eigenvalue weighted by Gasteiger charge is -2.02. The third-order valence-electron chi connectivity index (χ3n) is 3.58. The Balaban J connectivity index is 1.94. The molecule has 2 heterocycles. The molecule has 0 aliphatic rings. The Morgan fingerprint density at radius 2 is 1.60 bits per heavy atom. The van der Waals surface area contributed by atoms with Gasteiger partial charge in [-0.1, -0.05) is 48.5 Å². The van der Waals surface area contributed by atoms with Crippen molar-refractivity contribution in [1.29, 1.82) is 0 Å². The molecule has 0 radical (unpaired) electrons. The van der Waals surface area contributed by atoms with Crippen molar-refractivity contribution in [3.05, 3.63) is 67.0 Å². The zero-order valence-electron chi connectivity index (χ0n) is 10.8. The quantitative estimate of drug-likeness (QED) is 0.556. The van der Waals surface area contributed by atoms with Crippen LogP contribution >= 0.6 is 0 Å². The Labute approximate surface area is 116 Å². The van der Waals surface area contributed by atoms with Crippen molar-refractivity contribution >= 4 is 10.9 Å². The number of H-pyrrole nitrogens is 2. The highest BCUT2D eigenvalue weighted by Gasteiger charge is 2.13. The Morgan fingerprint density at radius 1 is 0.800 bits per heavy atom. The number of nitrogens with one attached hydrogen (secondary N) is 2. The SMILES string of the molecule is c1ccc(-c2[nH]ncc2-c2c[nH]c3ccccc23)cc1. The minimum absolute atomic E-state index is 1.05. The lowest BCUT2D eigenvalue weighted by atomic mass is 10.0. The van der Waals surface area contributed by atoms with Gasteiger partial charge in [-0.2, -0.15) is 5.10 Å². The second-order valence-electron chi connectivity index (χ2n) is 4.77. The van der Waals surface area contributed by atoms with Gasteiger partial charge in [-0.25, -0.2) is 0 Å². The van der Waals surface area contributed by atoms with Gasteiger partial charge >= 0.3 is 0 Å². The van der Waals surface area contributed by atoms with Crippen molar-refractivity contribution in [2.75, 3.05) is 0 Å². The highest BCUT2D eigenvalue weighted by molar-refractivity contribution is 5.98. The maximum atomic E-state index is 4.22. The molecule has 0 unspecified atom stereocenters. The molecule has 2 aromatic heterocycles. The molecular formula is C17H13N3. The molecule has 20 heavy (non-hydrogen) atoms. The number of fused-ring (bicyclic) bond motifs is 1. The third-order valence-corrected chi connectivity index (χ3v) is 3.58. The second kappa shape index (κ2) is 4.38. The van der Waals surface area contributed by atoms with Crippen molar-refractivity contribution in [3.8, 4) is 22.4 Å². The van der Waals surface area contributed by atoms with Gasteiger partial charge in [0.2, 0.25) is 0 Å². The monoisotopic (exact) mass is 259 g/mol. The standard InChI is InChI=1S/C17H13N3/c1-2-6-12(7-3-1)17-15(11-19-20-17)14-10-18-16-9-5-4-8-13(14)16/h1-11,18H,(H,19,20). The van der Waals surface area contributed by atoms with Crippen LogP contribution in [0, 0.1) is 0 Å². The molecule has 0 bridgehead atoms. The van der Waals surface area contributed by atoms with Crippen molar-refractivity contribution in [3.63, 3.8) is 0 Å². The molecular weight excluding hydrogens is 246 g/mol. The summed E-state index contributed by atoms with van der Waals surface area (Å²) in [6.07, 6.45) is 3.93. The fraction of sp³-hybridized carbons (Fsp3) is 0. The summed E-state index contributed by atoms with van der Waals surface area (Å²) in [6.45, 7) is 0. The molecule has 4 aromatic rings. The van der Waals surface area contributed by atoms with Gasteiger partial charge in [-0.3, -0.25) is 5.10 Å². The van der Waals surface area contributed by atoms with E-state index in [4.69, 9.17) is 0 Å². The fourth-order valence-corrected chi connectivity index (χ4v) is 2.61. The number of rotatable bonds is 2. The maximum Gasteiger partial charge on any atom is 0.0729 e. The summed E-state index contributed by atoms with van der Waals surface area (Å²) in [5.41, 5.74) is 5.63. The number of aromatic amines is 2. The first-order valence-corrected chi connectivity index (χ1v) is 6.59. The van der Waals surface area contributed by atoms with Gasteiger partial charge in [0.1, 0.15) is 0 Å². The van der Waals surface area contributed by atoms with E-state index in [1.54, 1.807) is 0 Å². The van der Waals surface area contributed by atoms with E-state index in [0.717, 1.165) is 22.3 Å². The number of para-hydroxylation sites is 1. The molecule has 0 atom stereocenters. The van der Waals surface area contributed by atoms with E-state index in [-0.39, 0.29) is 0 Å². The first-order chi connectivity index (χ1) is 9.93. The Kier molecular flexibility index (Phi) is 2.42. The summed E-state index contributed by atoms with van der Waals surface area (Å²) >= 11 is 0. The molecule has 0 saturated heterocycles. The second-order valence-corrected chi connectivity index (χ2v) is 4.77. The van der Waals surface area contributed by atoms with E-state index in [9.17, 15) is 0 Å². The molecule has 3 heteroatoms. The van der Waals surface area contributed by atoms with Crippen molar-refractivity contribution in [2.24, 2.45) is 0 Å². The summed E-state index contributed by atoms with van der Waals surface area (Å²) in [5.74, 6) is 0. The van der Waals surface area contributed by atoms with Crippen LogP contribution in [0.1, 0.15) is 0 Å². The Morgan fingerprint density at radius 3 is 2.50 bits per heavy atom. The first-order valence-electron chi connectivity index (χ1n) is 6.59. The van der Waals surface area contributed by atoms with Crippen LogP contribution < -0.4 is 0 Å². The van der Waals surface area contributed by atoms with Gasteiger partial charge in [-0.15, -0.1) is 0 Å². The van der Waals surface area contributed by atoms with Crippen LogP contribution in [0.2, 0.25) is 0 Å². The van der Waals surface area contributed by atoms with Gasteiger partial charge in [0.15, 0.2) is 0 Å². The van der Waals surface area contributed by atoms with Crippen LogP contribution in [0.25, 0.3) is 33.3 Å². The van der Waals surface area contributed by atoms with Gasteiger partial charge in [-0.05, 0) is 6.07 Å². The van der Waals surface area contributed by atoms with E-state index in [0.29, 0.717) is 0 Å². The Bertz CT molecular complexity index is 856. The van der Waals surface area contributed by atoms with E-state index < -0.39 is 0 Å². The highest BCUT2D eigenvalue weighted by atomic mass is 15.1. The predicted molar refractivity (Wildman–Crippen MR) is 81.3 cm³/mol. The van der Waals surface area contributed by atoms with Crippen LogP contribution in [0.4, 0.5) is 0 Å². The van der Waals surface area contributed by atoms with Gasteiger partial charge in [0, 0.05) is 33.8 Å². The van der Waals surface area contributed by atoms with Gasteiger partial charge in [0.05, 0.1) is 11.9 Å². The van der Waals surface area contributed by atoms with Crippen LogP contribution in [-0.4, -0.2) is 15.2 Å². The number of hydrogen-bond donors (Lipinski definition) is 2. The highest BCUT2D eigenvalue weighted by Crippen LogP contribution is 2.34. The molecule has 3 nitrogen and oxygen atoms in total. The fourth-order valence-electron chi connectivity index (χ4n) is 2.61. The zero-order valence-corrected chi connectivity index (χ0v) is 10.8. The first kappa shape index (κ1) is 11.1.